The third-order valence-electron chi connectivity index (χ3n) is 4.83. The van der Waals surface area contributed by atoms with Crippen molar-refractivity contribution in [2.45, 2.75) is 12.8 Å². The number of methoxy groups -OCH3 is 2. The van der Waals surface area contributed by atoms with Crippen LogP contribution in [-0.4, -0.2) is 49.3 Å². The van der Waals surface area contributed by atoms with E-state index in [1.807, 2.05) is 12.1 Å². The van der Waals surface area contributed by atoms with E-state index in [0.29, 0.717) is 17.9 Å². The van der Waals surface area contributed by atoms with Crippen LogP contribution in [0, 0.1) is 5.82 Å². The lowest BCUT2D eigenvalue weighted by Crippen LogP contribution is -2.37. The average molecular weight is 459 g/mol. The molecule has 3 rings (SSSR count). The van der Waals surface area contributed by atoms with Gasteiger partial charge in [0.15, 0.2) is 11.5 Å². The Hall–Kier alpha value is -3.33. The number of carbonyl (C=O) groups excluding carboxylic acids is 3. The second-order valence-electron chi connectivity index (χ2n) is 6.86. The number of nitrogens with zero attached hydrogens (tertiary/aromatic N) is 1. The maximum Gasteiger partial charge on any atom is 0.293 e. The molecule has 0 saturated carbocycles. The van der Waals surface area contributed by atoms with Gasteiger partial charge in [-0.3, -0.25) is 19.3 Å². The summed E-state index contributed by atoms with van der Waals surface area (Å²) in [5, 5.41) is 2.26. The molecule has 1 saturated heterocycles. The Labute approximate surface area is 189 Å². The number of ether oxygens (including phenoxy) is 2. The van der Waals surface area contributed by atoms with Crippen molar-refractivity contribution in [3.8, 4) is 11.5 Å². The molecule has 0 aromatic heterocycles. The Balaban J connectivity index is 1.51. The maximum atomic E-state index is 13.8. The molecule has 0 spiro atoms. The number of hydrogen-bond acceptors (Lipinski definition) is 6. The number of thioether (sulfide) groups is 1. The summed E-state index contributed by atoms with van der Waals surface area (Å²) in [7, 11) is 3.09. The van der Waals surface area contributed by atoms with Gasteiger partial charge in [-0.1, -0.05) is 30.3 Å². The predicted octanol–water partition coefficient (Wildman–Crippen LogP) is 3.63. The van der Waals surface area contributed by atoms with Crippen LogP contribution in [0.2, 0.25) is 0 Å². The van der Waals surface area contributed by atoms with E-state index in [9.17, 15) is 18.8 Å². The number of carbonyl (C=O) groups is 3. The molecule has 1 heterocycles. The van der Waals surface area contributed by atoms with E-state index in [0.717, 1.165) is 22.2 Å². The molecule has 2 aromatic rings. The first-order valence-corrected chi connectivity index (χ1v) is 10.7. The van der Waals surface area contributed by atoms with Gasteiger partial charge in [0, 0.05) is 25.1 Å². The molecule has 0 unspecified atom stereocenters. The number of imide groups is 1. The molecule has 32 heavy (non-hydrogen) atoms. The summed E-state index contributed by atoms with van der Waals surface area (Å²) < 4.78 is 24.4. The Bertz CT molecular complexity index is 1060. The summed E-state index contributed by atoms with van der Waals surface area (Å²) in [6.07, 6.45) is 2.01. The van der Waals surface area contributed by atoms with Crippen LogP contribution in [0.1, 0.15) is 17.5 Å². The largest absolute Gasteiger partial charge is 0.493 e. The number of para-hydroxylation sites is 1. The molecule has 0 bridgehead atoms. The van der Waals surface area contributed by atoms with Crippen molar-refractivity contribution in [1.82, 2.24) is 10.2 Å². The van der Waals surface area contributed by atoms with Crippen molar-refractivity contribution < 1.29 is 28.2 Å². The highest BCUT2D eigenvalue weighted by molar-refractivity contribution is 8.18. The number of halogens is 1. The van der Waals surface area contributed by atoms with Crippen LogP contribution in [0.25, 0.3) is 6.08 Å². The Kier molecular flexibility index (Phi) is 7.88. The normalized spacial score (nSPS) is 14.7. The summed E-state index contributed by atoms with van der Waals surface area (Å²) in [5.74, 6) is -0.0166. The van der Waals surface area contributed by atoms with E-state index in [2.05, 4.69) is 5.32 Å². The lowest BCUT2D eigenvalue weighted by molar-refractivity contribution is -0.124. The monoisotopic (exact) mass is 458 g/mol. The van der Waals surface area contributed by atoms with Gasteiger partial charge in [-0.15, -0.1) is 0 Å². The maximum absolute atomic E-state index is 13.8. The molecule has 1 aliphatic heterocycles. The van der Waals surface area contributed by atoms with Crippen molar-refractivity contribution >= 4 is 34.9 Å². The van der Waals surface area contributed by atoms with Crippen LogP contribution < -0.4 is 14.8 Å². The fourth-order valence-electron chi connectivity index (χ4n) is 3.22. The smallest absolute Gasteiger partial charge is 0.293 e. The summed E-state index contributed by atoms with van der Waals surface area (Å²) in [6, 6.07) is 11.5. The highest BCUT2D eigenvalue weighted by Crippen LogP contribution is 2.33. The van der Waals surface area contributed by atoms with E-state index in [1.54, 1.807) is 32.4 Å². The molecule has 9 heteroatoms. The zero-order chi connectivity index (χ0) is 23.1. The van der Waals surface area contributed by atoms with Gasteiger partial charge in [-0.25, -0.2) is 4.39 Å². The van der Waals surface area contributed by atoms with Gasteiger partial charge >= 0.3 is 0 Å². The van der Waals surface area contributed by atoms with Gasteiger partial charge < -0.3 is 14.8 Å². The molecular weight excluding hydrogens is 435 g/mol. The number of rotatable bonds is 9. The van der Waals surface area contributed by atoms with E-state index in [-0.39, 0.29) is 35.9 Å². The van der Waals surface area contributed by atoms with Crippen molar-refractivity contribution in [1.29, 1.82) is 0 Å². The lowest BCUT2D eigenvalue weighted by Gasteiger charge is -2.14. The summed E-state index contributed by atoms with van der Waals surface area (Å²) in [4.78, 5) is 38.1. The third kappa shape index (κ3) is 5.47. The highest BCUT2D eigenvalue weighted by atomic mass is 32.2. The molecule has 0 radical (unpaired) electrons. The molecule has 168 valence electrons. The molecule has 1 aliphatic rings. The fourth-order valence-corrected chi connectivity index (χ4v) is 4.08. The minimum Gasteiger partial charge on any atom is -0.493 e. The molecule has 1 fully saturated rings. The second-order valence-corrected chi connectivity index (χ2v) is 7.85. The number of benzene rings is 2. The summed E-state index contributed by atoms with van der Waals surface area (Å²) in [6.45, 7) is 0.159. The number of hydrogen-bond donors (Lipinski definition) is 1. The minimum atomic E-state index is -0.501. The molecular formula is C23H23FN2O5S. The van der Waals surface area contributed by atoms with E-state index in [1.165, 1.54) is 18.2 Å². The average Bonchev–Trinajstić information content (AvgIpc) is 3.06. The van der Waals surface area contributed by atoms with E-state index >= 15 is 0 Å². The lowest BCUT2D eigenvalue weighted by atomic mass is 10.1. The zero-order valence-corrected chi connectivity index (χ0v) is 18.5. The first-order valence-electron chi connectivity index (χ1n) is 9.91. The van der Waals surface area contributed by atoms with Crippen molar-refractivity contribution in [3.63, 3.8) is 0 Å². The Morgan fingerprint density at radius 2 is 1.91 bits per heavy atom. The fraction of sp³-hybridized carbons (Fsp3) is 0.261. The first kappa shape index (κ1) is 23.3. The second kappa shape index (κ2) is 10.8. The molecule has 2 aromatic carbocycles. The van der Waals surface area contributed by atoms with Gasteiger partial charge in [0.2, 0.25) is 5.91 Å². The number of aryl methyl sites for hydroxylation is 1. The first-order chi connectivity index (χ1) is 15.4. The van der Waals surface area contributed by atoms with Crippen LogP contribution in [-0.2, 0) is 16.0 Å². The molecule has 3 amide bonds. The van der Waals surface area contributed by atoms with Crippen molar-refractivity contribution in [2.75, 3.05) is 27.3 Å². The van der Waals surface area contributed by atoms with Crippen LogP contribution in [0.4, 0.5) is 9.18 Å². The van der Waals surface area contributed by atoms with Gasteiger partial charge in [0.05, 0.1) is 19.1 Å². The third-order valence-corrected chi connectivity index (χ3v) is 5.74. The number of amides is 3. The standard InChI is InChI=1S/C23H23FN2O5S/c1-30-18-9-5-7-15(21(18)31-2)10-11-20(27)25-12-13-26-22(28)19(32-23(26)29)14-16-6-3-4-8-17(16)24/h3-9,14H,10-13H2,1-2H3,(H,25,27)/b19-14-. The van der Waals surface area contributed by atoms with Crippen LogP contribution in [0.15, 0.2) is 47.4 Å². The molecule has 1 N–H and O–H groups in total. The summed E-state index contributed by atoms with van der Waals surface area (Å²) >= 11 is 0.753. The van der Waals surface area contributed by atoms with E-state index < -0.39 is 17.0 Å². The highest BCUT2D eigenvalue weighted by Gasteiger charge is 2.34. The number of nitrogens with one attached hydrogen (secondary N) is 1. The van der Waals surface area contributed by atoms with Crippen LogP contribution in [0.3, 0.4) is 0 Å². The van der Waals surface area contributed by atoms with Gasteiger partial charge in [0.1, 0.15) is 5.82 Å². The van der Waals surface area contributed by atoms with Crippen molar-refractivity contribution in [3.05, 3.63) is 64.3 Å². The van der Waals surface area contributed by atoms with Gasteiger partial charge in [-0.2, -0.15) is 0 Å². The molecule has 0 atom stereocenters. The zero-order valence-electron chi connectivity index (χ0n) is 17.7. The van der Waals surface area contributed by atoms with Crippen LogP contribution in [0.5, 0.6) is 11.5 Å². The molecule has 0 aliphatic carbocycles. The van der Waals surface area contributed by atoms with Gasteiger partial charge in [0.25, 0.3) is 11.1 Å². The Morgan fingerprint density at radius 3 is 2.62 bits per heavy atom. The van der Waals surface area contributed by atoms with Crippen molar-refractivity contribution in [2.24, 2.45) is 0 Å². The van der Waals surface area contributed by atoms with Gasteiger partial charge in [-0.05, 0) is 42.0 Å². The quantitative estimate of drug-likeness (QED) is 0.578. The minimum absolute atomic E-state index is 0.0352. The topological polar surface area (TPSA) is 84.9 Å². The summed E-state index contributed by atoms with van der Waals surface area (Å²) in [5.41, 5.74) is 1.07. The Morgan fingerprint density at radius 1 is 1.12 bits per heavy atom. The van der Waals surface area contributed by atoms with Crippen LogP contribution >= 0.6 is 11.8 Å². The van der Waals surface area contributed by atoms with E-state index in [4.69, 9.17) is 9.47 Å². The molecule has 7 nitrogen and oxygen atoms in total. The predicted molar refractivity (Wildman–Crippen MR) is 120 cm³/mol. The SMILES string of the molecule is COc1cccc(CCC(=O)NCCN2C(=O)S/C(=C\c3ccccc3F)C2=O)c1OC.